The molecule has 0 spiro atoms. The maximum Gasteiger partial charge on any atom is 0.310 e. The van der Waals surface area contributed by atoms with E-state index in [1.165, 1.54) is 19.3 Å². The summed E-state index contributed by atoms with van der Waals surface area (Å²) in [7, 11) is 1.29. The Labute approximate surface area is 233 Å². The molecular weight excluding hydrogens is 544 g/mol. The van der Waals surface area contributed by atoms with Gasteiger partial charge < -0.3 is 48.1 Å². The Kier molecular flexibility index (Phi) is 6.41. The van der Waals surface area contributed by atoms with Gasteiger partial charge in [0.2, 0.25) is 12.6 Å². The summed E-state index contributed by atoms with van der Waals surface area (Å²) in [6.45, 7) is 1.79. The second-order valence-electron chi connectivity index (χ2n) is 10.8. The quantitative estimate of drug-likeness (QED) is 0.285. The number of cyclic esters (lactones) is 1. The van der Waals surface area contributed by atoms with Crippen LogP contribution >= 0.6 is 0 Å². The summed E-state index contributed by atoms with van der Waals surface area (Å²) in [5.74, 6) is -3.43. The third-order valence-corrected chi connectivity index (χ3v) is 8.51. The maximum atomic E-state index is 13.3. The van der Waals surface area contributed by atoms with Crippen molar-refractivity contribution in [1.29, 1.82) is 0 Å². The van der Waals surface area contributed by atoms with Gasteiger partial charge in [0.25, 0.3) is 5.78 Å². The molecule has 3 fully saturated rings. The largest absolute Gasteiger partial charge is 0.492 e. The van der Waals surface area contributed by atoms with Gasteiger partial charge in [0.05, 0.1) is 32.3 Å². The van der Waals surface area contributed by atoms with Crippen molar-refractivity contribution in [3.8, 4) is 11.5 Å². The van der Waals surface area contributed by atoms with Crippen molar-refractivity contribution in [2.75, 3.05) is 27.1 Å². The standard InChI is InChI=1S/C28H28O13/c1-10-35-8-19-26(39-10)23(31)24(32)28(40-19)41-25-13-6-17-16(37-9-38-17)5-12(13)20(21-14(25)7-36-27(21)33)11-3-15(29)22(30)18(4-11)34-2/h3-6,10,14,19-21,23-26,28,31-32H,7-9H2,1-2H3/t10-,14+,19-,20-,21+,23-,24-,25+,26-,28+/m1/s1. The molecule has 0 bridgehead atoms. The molecular formula is C28H28O13. The number of allylic oxidation sites excluding steroid dienone is 4. The molecule has 7 rings (SSSR count). The topological polar surface area (TPSA) is 166 Å². The number of carbonyl (C=O) groups is 3. The number of aliphatic hydroxyl groups is 2. The molecule has 0 aromatic heterocycles. The van der Waals surface area contributed by atoms with Gasteiger partial charge in [-0.3, -0.25) is 14.4 Å². The predicted octanol–water partition coefficient (Wildman–Crippen LogP) is 0.176. The number of hydrogen-bond acceptors (Lipinski definition) is 13. The summed E-state index contributed by atoms with van der Waals surface area (Å²) in [5, 5.41) is 21.8. The van der Waals surface area contributed by atoms with E-state index < -0.39 is 78.4 Å². The molecule has 218 valence electrons. The number of carbonyl (C=O) groups excluding carboxylic acids is 3. The molecule has 3 saturated heterocycles. The smallest absolute Gasteiger partial charge is 0.310 e. The highest BCUT2D eigenvalue weighted by molar-refractivity contribution is 6.47. The Balaban J connectivity index is 1.30. The van der Waals surface area contributed by atoms with Crippen LogP contribution in [0.2, 0.25) is 0 Å². The van der Waals surface area contributed by atoms with E-state index in [0.29, 0.717) is 28.2 Å². The van der Waals surface area contributed by atoms with E-state index in [1.807, 2.05) is 0 Å². The highest BCUT2D eigenvalue weighted by atomic mass is 16.8. The van der Waals surface area contributed by atoms with Crippen LogP contribution in [0.5, 0.6) is 11.5 Å². The van der Waals surface area contributed by atoms with Crippen LogP contribution in [0.4, 0.5) is 0 Å². The summed E-state index contributed by atoms with van der Waals surface area (Å²) in [6.07, 6.45) is -4.35. The number of rotatable bonds is 4. The molecule has 1 aromatic rings. The van der Waals surface area contributed by atoms with Crippen molar-refractivity contribution in [1.82, 2.24) is 0 Å². The fraction of sp³-hybridized carbons (Fsp3) is 0.536. The van der Waals surface area contributed by atoms with E-state index in [9.17, 15) is 24.6 Å². The van der Waals surface area contributed by atoms with Gasteiger partial charge in [0.1, 0.15) is 24.4 Å². The molecule has 0 saturated carbocycles. The highest BCUT2D eigenvalue weighted by Crippen LogP contribution is 2.56. The number of benzene rings is 1. The minimum atomic E-state index is -1.47. The summed E-state index contributed by atoms with van der Waals surface area (Å²) < 4.78 is 45.5. The zero-order valence-corrected chi connectivity index (χ0v) is 22.1. The SMILES string of the molecule is COC1=CC([C@@H]2c3cc4c(cc3[C@H](O[C@@H]3O[C@@H]5CO[C@@H](C)O[C@H]5[C@H](O)[C@H]3O)[C@H]3COC(=O)[C@@H]32)OCO4)=CC(=O)C1=O. The van der Waals surface area contributed by atoms with Gasteiger partial charge in [0, 0.05) is 11.8 Å². The molecule has 0 radical (unpaired) electrons. The lowest BCUT2D eigenvalue weighted by Crippen LogP contribution is -2.63. The highest BCUT2D eigenvalue weighted by Gasteiger charge is 2.56. The van der Waals surface area contributed by atoms with E-state index in [0.717, 1.165) is 0 Å². The fourth-order valence-electron chi connectivity index (χ4n) is 6.57. The lowest BCUT2D eigenvalue weighted by Gasteiger charge is -2.47. The third kappa shape index (κ3) is 4.18. The van der Waals surface area contributed by atoms with Crippen LogP contribution in [-0.2, 0) is 42.8 Å². The molecule has 6 aliphatic rings. The first kappa shape index (κ1) is 26.6. The molecule has 10 atom stereocenters. The zero-order valence-electron chi connectivity index (χ0n) is 22.1. The van der Waals surface area contributed by atoms with Crippen molar-refractivity contribution in [3.05, 3.63) is 46.7 Å². The summed E-state index contributed by atoms with van der Waals surface area (Å²) in [5.41, 5.74) is 1.58. The van der Waals surface area contributed by atoms with Crippen molar-refractivity contribution in [3.63, 3.8) is 0 Å². The fourth-order valence-corrected chi connectivity index (χ4v) is 6.57. The van der Waals surface area contributed by atoms with E-state index >= 15 is 0 Å². The second kappa shape index (κ2) is 9.89. The van der Waals surface area contributed by atoms with Crippen molar-refractivity contribution in [2.45, 2.75) is 55.9 Å². The molecule has 2 N–H and O–H groups in total. The number of ether oxygens (including phenoxy) is 8. The number of methoxy groups -OCH3 is 1. The number of Topliss-reactive ketones (excluding diaryl/α,β-unsaturated/α-hetero) is 1. The second-order valence-corrected chi connectivity index (χ2v) is 10.8. The Hall–Kier alpha value is -3.33. The van der Waals surface area contributed by atoms with E-state index in [-0.39, 0.29) is 25.8 Å². The summed E-state index contributed by atoms with van der Waals surface area (Å²) >= 11 is 0. The Morgan fingerprint density at radius 1 is 0.927 bits per heavy atom. The van der Waals surface area contributed by atoms with Crippen LogP contribution in [0.15, 0.2) is 35.6 Å². The van der Waals surface area contributed by atoms with Gasteiger partial charge in [-0.25, -0.2) is 0 Å². The van der Waals surface area contributed by atoms with Crippen LogP contribution < -0.4 is 9.47 Å². The molecule has 13 heteroatoms. The Morgan fingerprint density at radius 2 is 1.68 bits per heavy atom. The first-order valence-electron chi connectivity index (χ1n) is 13.3. The Morgan fingerprint density at radius 3 is 2.44 bits per heavy atom. The molecule has 4 aliphatic heterocycles. The molecule has 1 aromatic carbocycles. The normalized spacial score (nSPS) is 39.3. The summed E-state index contributed by atoms with van der Waals surface area (Å²) in [6, 6.07) is 3.45. The van der Waals surface area contributed by atoms with Crippen LogP contribution in [0.1, 0.15) is 30.1 Å². The van der Waals surface area contributed by atoms with E-state index in [2.05, 4.69) is 0 Å². The summed E-state index contributed by atoms with van der Waals surface area (Å²) in [4.78, 5) is 38.2. The number of hydrogen-bond donors (Lipinski definition) is 2. The lowest BCUT2D eigenvalue weighted by atomic mass is 9.65. The van der Waals surface area contributed by atoms with Crippen LogP contribution in [0, 0.1) is 11.8 Å². The average Bonchev–Trinajstić information content (AvgIpc) is 3.58. The first-order chi connectivity index (χ1) is 19.7. The van der Waals surface area contributed by atoms with Gasteiger partial charge in [-0.05, 0) is 47.9 Å². The molecule has 0 unspecified atom stereocenters. The number of esters is 1. The van der Waals surface area contributed by atoms with Gasteiger partial charge >= 0.3 is 5.97 Å². The lowest BCUT2D eigenvalue weighted by molar-refractivity contribution is -0.364. The first-order valence-corrected chi connectivity index (χ1v) is 13.3. The van der Waals surface area contributed by atoms with Gasteiger partial charge in [-0.2, -0.15) is 0 Å². The monoisotopic (exact) mass is 572 g/mol. The van der Waals surface area contributed by atoms with Gasteiger partial charge in [-0.15, -0.1) is 0 Å². The van der Waals surface area contributed by atoms with Crippen molar-refractivity contribution < 1.29 is 62.5 Å². The predicted molar refractivity (Wildman–Crippen MR) is 131 cm³/mol. The Bertz CT molecular complexity index is 1360. The molecule has 0 amide bonds. The molecule has 13 nitrogen and oxygen atoms in total. The van der Waals surface area contributed by atoms with Crippen LogP contribution in [0.3, 0.4) is 0 Å². The van der Waals surface area contributed by atoms with E-state index in [4.69, 9.17) is 37.9 Å². The minimum Gasteiger partial charge on any atom is -0.492 e. The molecule has 4 heterocycles. The minimum absolute atomic E-state index is 0.00907. The number of fused-ring (bicyclic) bond motifs is 4. The molecule has 2 aliphatic carbocycles. The van der Waals surface area contributed by atoms with Crippen LogP contribution in [0.25, 0.3) is 0 Å². The van der Waals surface area contributed by atoms with E-state index in [1.54, 1.807) is 19.1 Å². The maximum absolute atomic E-state index is 13.3. The van der Waals surface area contributed by atoms with Crippen molar-refractivity contribution in [2.24, 2.45) is 11.8 Å². The number of aliphatic hydroxyl groups excluding tert-OH is 2. The third-order valence-electron chi connectivity index (χ3n) is 8.51. The average molecular weight is 573 g/mol. The van der Waals surface area contributed by atoms with Crippen molar-refractivity contribution >= 4 is 17.5 Å². The molecule has 41 heavy (non-hydrogen) atoms. The van der Waals surface area contributed by atoms with Crippen LogP contribution in [-0.4, -0.2) is 91.9 Å². The van der Waals surface area contributed by atoms with Gasteiger partial charge in [0.15, 0.2) is 29.8 Å². The number of ketones is 2. The van der Waals surface area contributed by atoms with Gasteiger partial charge in [-0.1, -0.05) is 0 Å². The zero-order chi connectivity index (χ0) is 28.6.